The summed E-state index contributed by atoms with van der Waals surface area (Å²) < 4.78 is 4.55. The van der Waals surface area contributed by atoms with Crippen LogP contribution in [0.1, 0.15) is 33.4 Å². The molecule has 0 aliphatic heterocycles. The van der Waals surface area contributed by atoms with Gasteiger partial charge in [0.05, 0.1) is 6.04 Å². The Labute approximate surface area is 124 Å². The standard InChI is InChI=1S/C15H20N4O2/c1-10-5-7-12(8-6-10)13(19(3)4)9-16-15(20)14-11(2)17-21-18-14/h5-8,13H,9H2,1-4H3,(H,16,20). The van der Waals surface area contributed by atoms with E-state index >= 15 is 0 Å². The van der Waals surface area contributed by atoms with Crippen molar-refractivity contribution in [3.8, 4) is 0 Å². The Morgan fingerprint density at radius 1 is 1.24 bits per heavy atom. The van der Waals surface area contributed by atoms with Crippen LogP contribution in [0.3, 0.4) is 0 Å². The van der Waals surface area contributed by atoms with Crippen molar-refractivity contribution in [2.45, 2.75) is 19.9 Å². The number of nitrogens with zero attached hydrogens (tertiary/aromatic N) is 3. The lowest BCUT2D eigenvalue weighted by Crippen LogP contribution is -2.35. The maximum absolute atomic E-state index is 12.0. The molecule has 0 fully saturated rings. The average molecular weight is 288 g/mol. The van der Waals surface area contributed by atoms with Crippen LogP contribution in [-0.2, 0) is 0 Å². The molecule has 6 heteroatoms. The zero-order valence-corrected chi connectivity index (χ0v) is 12.8. The molecule has 0 bridgehead atoms. The second-order valence-electron chi connectivity index (χ2n) is 5.30. The highest BCUT2D eigenvalue weighted by Crippen LogP contribution is 2.18. The van der Waals surface area contributed by atoms with Crippen LogP contribution >= 0.6 is 0 Å². The van der Waals surface area contributed by atoms with Gasteiger partial charge >= 0.3 is 0 Å². The summed E-state index contributed by atoms with van der Waals surface area (Å²) in [7, 11) is 3.97. The minimum Gasteiger partial charge on any atom is -0.349 e. The molecular formula is C15H20N4O2. The highest BCUT2D eigenvalue weighted by atomic mass is 16.6. The fraction of sp³-hybridized carbons (Fsp3) is 0.400. The Balaban J connectivity index is 2.06. The van der Waals surface area contributed by atoms with Crippen molar-refractivity contribution in [1.29, 1.82) is 0 Å². The smallest absolute Gasteiger partial charge is 0.275 e. The monoisotopic (exact) mass is 288 g/mol. The number of carbonyl (C=O) groups excluding carboxylic acids is 1. The van der Waals surface area contributed by atoms with E-state index in [9.17, 15) is 4.79 Å². The highest BCUT2D eigenvalue weighted by Gasteiger charge is 2.19. The lowest BCUT2D eigenvalue weighted by Gasteiger charge is -2.25. The molecule has 0 aliphatic carbocycles. The van der Waals surface area contributed by atoms with Gasteiger partial charge in [-0.3, -0.25) is 4.79 Å². The molecule has 21 heavy (non-hydrogen) atoms. The fourth-order valence-electron chi connectivity index (χ4n) is 2.10. The molecule has 0 spiro atoms. The SMILES string of the molecule is Cc1ccc(C(CNC(=O)c2nonc2C)N(C)C)cc1. The molecule has 1 atom stereocenters. The van der Waals surface area contributed by atoms with Crippen molar-refractivity contribution in [2.24, 2.45) is 0 Å². The second-order valence-corrected chi connectivity index (χ2v) is 5.30. The van der Waals surface area contributed by atoms with Crippen LogP contribution in [0.4, 0.5) is 0 Å². The van der Waals surface area contributed by atoms with Crippen LogP contribution in [0.15, 0.2) is 28.9 Å². The normalized spacial score (nSPS) is 12.4. The number of rotatable bonds is 5. The molecule has 0 saturated heterocycles. The van der Waals surface area contributed by atoms with E-state index in [2.05, 4.69) is 56.3 Å². The predicted octanol–water partition coefficient (Wildman–Crippen LogP) is 1.72. The third-order valence-corrected chi connectivity index (χ3v) is 3.41. The van der Waals surface area contributed by atoms with Crippen LogP contribution in [0.25, 0.3) is 0 Å². The Hall–Kier alpha value is -2.21. The van der Waals surface area contributed by atoms with Gasteiger partial charge < -0.3 is 10.2 Å². The number of hydrogen-bond acceptors (Lipinski definition) is 5. The van der Waals surface area contributed by atoms with E-state index in [0.717, 1.165) is 5.56 Å². The first-order chi connectivity index (χ1) is 9.99. The van der Waals surface area contributed by atoms with E-state index in [1.54, 1.807) is 6.92 Å². The molecule has 1 heterocycles. The summed E-state index contributed by atoms with van der Waals surface area (Å²) in [5.41, 5.74) is 3.09. The first-order valence-electron chi connectivity index (χ1n) is 6.79. The van der Waals surface area contributed by atoms with Crippen molar-refractivity contribution in [3.05, 3.63) is 46.8 Å². The first kappa shape index (κ1) is 15.2. The Kier molecular flexibility index (Phi) is 4.70. The molecule has 2 rings (SSSR count). The van der Waals surface area contributed by atoms with Crippen LogP contribution in [0, 0.1) is 13.8 Å². The molecule has 6 nitrogen and oxygen atoms in total. The maximum Gasteiger partial charge on any atom is 0.275 e. The van der Waals surface area contributed by atoms with Crippen molar-refractivity contribution in [2.75, 3.05) is 20.6 Å². The summed E-state index contributed by atoms with van der Waals surface area (Å²) >= 11 is 0. The van der Waals surface area contributed by atoms with E-state index in [1.165, 1.54) is 5.56 Å². The summed E-state index contributed by atoms with van der Waals surface area (Å²) in [6, 6.07) is 8.39. The van der Waals surface area contributed by atoms with Crippen molar-refractivity contribution in [1.82, 2.24) is 20.5 Å². The quantitative estimate of drug-likeness (QED) is 0.907. The largest absolute Gasteiger partial charge is 0.349 e. The molecule has 1 aromatic carbocycles. The van der Waals surface area contributed by atoms with Gasteiger partial charge in [0.25, 0.3) is 5.91 Å². The van der Waals surface area contributed by atoms with Gasteiger partial charge in [0, 0.05) is 6.54 Å². The number of nitrogens with one attached hydrogen (secondary N) is 1. The van der Waals surface area contributed by atoms with Crippen LogP contribution < -0.4 is 5.32 Å². The van der Waals surface area contributed by atoms with Gasteiger partial charge in [-0.1, -0.05) is 35.0 Å². The third kappa shape index (κ3) is 3.66. The molecule has 2 aromatic rings. The molecule has 0 aliphatic rings. The zero-order chi connectivity index (χ0) is 15.4. The fourth-order valence-corrected chi connectivity index (χ4v) is 2.10. The number of aromatic nitrogens is 2. The Morgan fingerprint density at radius 2 is 1.90 bits per heavy atom. The lowest BCUT2D eigenvalue weighted by atomic mass is 10.0. The minimum absolute atomic E-state index is 0.0923. The van der Waals surface area contributed by atoms with Gasteiger partial charge in [0.2, 0.25) is 0 Å². The third-order valence-electron chi connectivity index (χ3n) is 3.41. The molecule has 1 unspecified atom stereocenters. The van der Waals surface area contributed by atoms with E-state index in [1.807, 2.05) is 14.1 Å². The van der Waals surface area contributed by atoms with E-state index in [4.69, 9.17) is 0 Å². The van der Waals surface area contributed by atoms with Crippen molar-refractivity contribution in [3.63, 3.8) is 0 Å². The number of carbonyl (C=O) groups is 1. The van der Waals surface area contributed by atoms with Crippen LogP contribution in [0.5, 0.6) is 0 Å². The van der Waals surface area contributed by atoms with Gasteiger partial charge in [-0.2, -0.15) is 0 Å². The molecule has 112 valence electrons. The summed E-state index contributed by atoms with van der Waals surface area (Å²) in [6.45, 7) is 4.23. The molecular weight excluding hydrogens is 268 g/mol. The number of benzene rings is 1. The molecule has 0 saturated carbocycles. The summed E-state index contributed by atoms with van der Waals surface area (Å²) in [4.78, 5) is 14.1. The van der Waals surface area contributed by atoms with E-state index in [-0.39, 0.29) is 17.6 Å². The minimum atomic E-state index is -0.271. The average Bonchev–Trinajstić information content (AvgIpc) is 2.86. The first-order valence-corrected chi connectivity index (χ1v) is 6.79. The summed E-state index contributed by atoms with van der Waals surface area (Å²) in [5, 5.41) is 10.1. The van der Waals surface area contributed by atoms with Crippen molar-refractivity contribution < 1.29 is 9.42 Å². The molecule has 1 amide bonds. The maximum atomic E-state index is 12.0. The van der Waals surface area contributed by atoms with E-state index < -0.39 is 0 Å². The summed E-state index contributed by atoms with van der Waals surface area (Å²) in [6.07, 6.45) is 0. The van der Waals surface area contributed by atoms with Crippen LogP contribution in [0.2, 0.25) is 0 Å². The lowest BCUT2D eigenvalue weighted by molar-refractivity contribution is 0.0931. The zero-order valence-electron chi connectivity index (χ0n) is 12.8. The number of hydrogen-bond donors (Lipinski definition) is 1. The van der Waals surface area contributed by atoms with E-state index in [0.29, 0.717) is 12.2 Å². The number of amides is 1. The van der Waals surface area contributed by atoms with Gasteiger partial charge in [-0.05, 0) is 38.7 Å². The number of aryl methyl sites for hydroxylation is 2. The second kappa shape index (κ2) is 6.49. The van der Waals surface area contributed by atoms with Crippen LogP contribution in [-0.4, -0.2) is 41.8 Å². The topological polar surface area (TPSA) is 71.3 Å². The van der Waals surface area contributed by atoms with Gasteiger partial charge in [-0.15, -0.1) is 0 Å². The Bertz CT molecular complexity index is 604. The van der Waals surface area contributed by atoms with Gasteiger partial charge in [-0.25, -0.2) is 4.63 Å². The summed E-state index contributed by atoms with van der Waals surface area (Å²) in [5.74, 6) is -0.271. The predicted molar refractivity (Wildman–Crippen MR) is 79.0 cm³/mol. The molecule has 1 aromatic heterocycles. The number of likely N-dealkylation sites (N-methyl/N-ethyl adjacent to an activating group) is 1. The van der Waals surface area contributed by atoms with Crippen molar-refractivity contribution >= 4 is 5.91 Å². The van der Waals surface area contributed by atoms with Gasteiger partial charge in [0.15, 0.2) is 5.69 Å². The van der Waals surface area contributed by atoms with Gasteiger partial charge in [0.1, 0.15) is 5.69 Å². The Morgan fingerprint density at radius 3 is 2.43 bits per heavy atom. The molecule has 0 radical (unpaired) electrons. The molecule has 1 N–H and O–H groups in total. The highest BCUT2D eigenvalue weighted by molar-refractivity contribution is 5.92.